The van der Waals surface area contributed by atoms with Gasteiger partial charge >= 0.3 is 0 Å². The van der Waals surface area contributed by atoms with Crippen LogP contribution in [0.3, 0.4) is 0 Å². The normalized spacial score (nSPS) is 11.0. The van der Waals surface area contributed by atoms with E-state index in [9.17, 15) is 18.0 Å². The van der Waals surface area contributed by atoms with Crippen LogP contribution in [-0.2, 0) is 19.6 Å². The predicted octanol–water partition coefficient (Wildman–Crippen LogP) is 4.75. The van der Waals surface area contributed by atoms with Gasteiger partial charge in [-0.05, 0) is 67.9 Å². The minimum Gasteiger partial charge on any atom is -0.326 e. The van der Waals surface area contributed by atoms with Crippen molar-refractivity contribution in [2.45, 2.75) is 25.7 Å². The number of rotatable bonds is 7. The van der Waals surface area contributed by atoms with Crippen LogP contribution in [0.1, 0.15) is 18.1 Å². The first kappa shape index (κ1) is 24.3. The number of nitrogens with zero attached hydrogens (tertiary/aromatic N) is 1. The van der Waals surface area contributed by atoms with E-state index in [1.54, 1.807) is 55.5 Å². The largest absolute Gasteiger partial charge is 0.326 e. The number of hydrogen-bond acceptors (Lipinski definition) is 4. The molecule has 0 heterocycles. The van der Waals surface area contributed by atoms with Gasteiger partial charge in [0.15, 0.2) is 0 Å². The first-order valence-corrected chi connectivity index (χ1v) is 11.9. The lowest BCUT2D eigenvalue weighted by atomic mass is 10.2. The first-order valence-electron chi connectivity index (χ1n) is 10.1. The summed E-state index contributed by atoms with van der Waals surface area (Å²) in [6.45, 7) is 4.56. The molecular weight excluding hydrogens is 462 g/mol. The molecule has 0 aliphatic carbocycles. The SMILES string of the molecule is CC(=O)Nc1ccc(NC(=O)CN(c2cc(Cl)ccc2C)S(=O)(=O)c2ccc(C)cc2)cc1. The van der Waals surface area contributed by atoms with Crippen molar-refractivity contribution < 1.29 is 18.0 Å². The molecule has 0 unspecified atom stereocenters. The van der Waals surface area contributed by atoms with Gasteiger partial charge in [-0.2, -0.15) is 0 Å². The van der Waals surface area contributed by atoms with Gasteiger partial charge in [0, 0.05) is 23.3 Å². The van der Waals surface area contributed by atoms with Crippen molar-refractivity contribution in [2.75, 3.05) is 21.5 Å². The van der Waals surface area contributed by atoms with Gasteiger partial charge in [0.25, 0.3) is 10.0 Å². The molecule has 0 fully saturated rings. The van der Waals surface area contributed by atoms with Crippen molar-refractivity contribution in [3.63, 3.8) is 0 Å². The van der Waals surface area contributed by atoms with Crippen molar-refractivity contribution in [1.29, 1.82) is 0 Å². The van der Waals surface area contributed by atoms with Gasteiger partial charge in [-0.25, -0.2) is 8.42 Å². The maximum absolute atomic E-state index is 13.5. The second-order valence-corrected chi connectivity index (χ2v) is 9.86. The van der Waals surface area contributed by atoms with Gasteiger partial charge in [0.05, 0.1) is 10.6 Å². The maximum atomic E-state index is 13.5. The Morgan fingerprint density at radius 2 is 1.45 bits per heavy atom. The average molecular weight is 486 g/mol. The van der Waals surface area contributed by atoms with E-state index in [0.29, 0.717) is 27.6 Å². The van der Waals surface area contributed by atoms with Crippen molar-refractivity contribution in [3.05, 3.63) is 82.9 Å². The van der Waals surface area contributed by atoms with Gasteiger partial charge in [-0.1, -0.05) is 35.4 Å². The predicted molar refractivity (Wildman–Crippen MR) is 131 cm³/mol. The standard InChI is InChI=1S/C24H24ClN3O4S/c1-16-4-12-22(13-5-16)33(31,32)28(23-14-19(25)7-6-17(23)2)15-24(30)27-21-10-8-20(9-11-21)26-18(3)29/h4-14H,15H2,1-3H3,(H,26,29)(H,27,30). The Balaban J connectivity index is 1.91. The number of sulfonamides is 1. The van der Waals surface area contributed by atoms with Gasteiger partial charge < -0.3 is 10.6 Å². The van der Waals surface area contributed by atoms with Crippen molar-refractivity contribution in [2.24, 2.45) is 0 Å². The zero-order valence-corrected chi connectivity index (χ0v) is 20.0. The number of benzene rings is 3. The van der Waals surface area contributed by atoms with Crippen LogP contribution in [0.5, 0.6) is 0 Å². The molecule has 3 aromatic carbocycles. The third-order valence-electron chi connectivity index (χ3n) is 4.83. The summed E-state index contributed by atoms with van der Waals surface area (Å²) in [6.07, 6.45) is 0. The lowest BCUT2D eigenvalue weighted by molar-refractivity contribution is -0.115. The van der Waals surface area contributed by atoms with Crippen LogP contribution < -0.4 is 14.9 Å². The fraction of sp³-hybridized carbons (Fsp3) is 0.167. The highest BCUT2D eigenvalue weighted by Crippen LogP contribution is 2.29. The van der Waals surface area contributed by atoms with E-state index < -0.39 is 22.5 Å². The summed E-state index contributed by atoms with van der Waals surface area (Å²) in [5.41, 5.74) is 2.94. The first-order chi connectivity index (χ1) is 15.6. The second-order valence-electron chi connectivity index (χ2n) is 7.56. The minimum absolute atomic E-state index is 0.0694. The summed E-state index contributed by atoms with van der Waals surface area (Å²) in [6, 6.07) is 17.8. The number of amides is 2. The Hall–Kier alpha value is -3.36. The number of carbonyl (C=O) groups excluding carboxylic acids is 2. The quantitative estimate of drug-likeness (QED) is 0.504. The fourth-order valence-corrected chi connectivity index (χ4v) is 4.80. The molecule has 33 heavy (non-hydrogen) atoms. The second kappa shape index (κ2) is 10.1. The van der Waals surface area contributed by atoms with E-state index >= 15 is 0 Å². The molecule has 2 amide bonds. The molecule has 7 nitrogen and oxygen atoms in total. The molecule has 0 atom stereocenters. The fourth-order valence-electron chi connectivity index (χ4n) is 3.16. The van der Waals surface area contributed by atoms with E-state index in [4.69, 9.17) is 11.6 Å². The van der Waals surface area contributed by atoms with Gasteiger partial charge in [0.1, 0.15) is 6.54 Å². The summed E-state index contributed by atoms with van der Waals surface area (Å²) in [5.74, 6) is -0.738. The van der Waals surface area contributed by atoms with Gasteiger partial charge in [-0.3, -0.25) is 13.9 Å². The zero-order valence-electron chi connectivity index (χ0n) is 18.4. The number of aryl methyl sites for hydroxylation is 2. The molecule has 0 bridgehead atoms. The lowest BCUT2D eigenvalue weighted by Gasteiger charge is -2.26. The Morgan fingerprint density at radius 3 is 2.03 bits per heavy atom. The van der Waals surface area contributed by atoms with Crippen LogP contribution in [0.25, 0.3) is 0 Å². The smallest absolute Gasteiger partial charge is 0.264 e. The van der Waals surface area contributed by atoms with E-state index in [1.165, 1.54) is 25.1 Å². The summed E-state index contributed by atoms with van der Waals surface area (Å²) in [7, 11) is -4.05. The van der Waals surface area contributed by atoms with Gasteiger partial charge in [-0.15, -0.1) is 0 Å². The molecule has 2 N–H and O–H groups in total. The molecule has 0 aromatic heterocycles. The lowest BCUT2D eigenvalue weighted by Crippen LogP contribution is -2.38. The van der Waals surface area contributed by atoms with Crippen LogP contribution in [0, 0.1) is 13.8 Å². The average Bonchev–Trinajstić information content (AvgIpc) is 2.75. The summed E-state index contributed by atoms with van der Waals surface area (Å²) in [5, 5.41) is 5.69. The van der Waals surface area contributed by atoms with Crippen LogP contribution >= 0.6 is 11.6 Å². The third kappa shape index (κ3) is 6.12. The molecule has 3 aromatic rings. The zero-order chi connectivity index (χ0) is 24.2. The van der Waals surface area contributed by atoms with Crippen molar-refractivity contribution in [1.82, 2.24) is 0 Å². The molecular formula is C24H24ClN3O4S. The van der Waals surface area contributed by atoms with Crippen LogP contribution in [-0.4, -0.2) is 26.8 Å². The molecule has 0 radical (unpaired) electrons. The van der Waals surface area contributed by atoms with Crippen LogP contribution in [0.4, 0.5) is 17.1 Å². The van der Waals surface area contributed by atoms with Gasteiger partial charge in [0.2, 0.25) is 11.8 Å². The maximum Gasteiger partial charge on any atom is 0.264 e. The highest BCUT2D eigenvalue weighted by molar-refractivity contribution is 7.92. The molecule has 172 valence electrons. The number of carbonyl (C=O) groups is 2. The monoisotopic (exact) mass is 485 g/mol. The molecule has 0 saturated heterocycles. The summed E-state index contributed by atoms with van der Waals surface area (Å²) >= 11 is 6.14. The molecule has 0 aliphatic rings. The summed E-state index contributed by atoms with van der Waals surface area (Å²) < 4.78 is 28.1. The Morgan fingerprint density at radius 1 is 0.879 bits per heavy atom. The Labute approximate surface area is 198 Å². The molecule has 0 spiro atoms. The van der Waals surface area contributed by atoms with E-state index in [0.717, 1.165) is 9.87 Å². The number of halogens is 1. The Bertz CT molecular complexity index is 1270. The Kier molecular flexibility index (Phi) is 7.40. The van der Waals surface area contributed by atoms with Crippen LogP contribution in [0.15, 0.2) is 71.6 Å². The van der Waals surface area contributed by atoms with Crippen molar-refractivity contribution >= 4 is 50.5 Å². The topological polar surface area (TPSA) is 95.6 Å². The van der Waals surface area contributed by atoms with E-state index in [2.05, 4.69) is 10.6 Å². The number of nitrogens with one attached hydrogen (secondary N) is 2. The highest BCUT2D eigenvalue weighted by atomic mass is 35.5. The molecule has 9 heteroatoms. The number of anilines is 3. The molecule has 0 saturated carbocycles. The third-order valence-corrected chi connectivity index (χ3v) is 6.83. The van der Waals surface area contributed by atoms with E-state index in [1.807, 2.05) is 6.92 Å². The van der Waals surface area contributed by atoms with E-state index in [-0.39, 0.29) is 10.8 Å². The van der Waals surface area contributed by atoms with Crippen LogP contribution in [0.2, 0.25) is 5.02 Å². The minimum atomic E-state index is -4.05. The van der Waals surface area contributed by atoms with Crippen molar-refractivity contribution in [3.8, 4) is 0 Å². The molecule has 3 rings (SSSR count). The number of hydrogen-bond donors (Lipinski definition) is 2. The highest BCUT2D eigenvalue weighted by Gasteiger charge is 2.28. The summed E-state index contributed by atoms with van der Waals surface area (Å²) in [4.78, 5) is 24.1. The molecule has 0 aliphatic heterocycles.